The highest BCUT2D eigenvalue weighted by atomic mass is 32.2. The molecule has 2 rings (SSSR count). The van der Waals surface area contributed by atoms with Crippen molar-refractivity contribution < 1.29 is 9.90 Å². The van der Waals surface area contributed by atoms with Gasteiger partial charge in [-0.25, -0.2) is 4.68 Å². The van der Waals surface area contributed by atoms with Crippen molar-refractivity contribution in [1.29, 1.82) is 0 Å². The second-order valence-corrected chi connectivity index (χ2v) is 5.86. The Bertz CT molecular complexity index is 422. The molecule has 2 N–H and O–H groups in total. The number of carbonyl (C=O) groups is 1. The molecule has 7 nitrogen and oxygen atoms in total. The Morgan fingerprint density at radius 3 is 2.90 bits per heavy atom. The zero-order valence-electron chi connectivity index (χ0n) is 11.5. The first kappa shape index (κ1) is 15.2. The summed E-state index contributed by atoms with van der Waals surface area (Å²) in [6.45, 7) is 0.942. The number of thioether (sulfide) groups is 1. The van der Waals surface area contributed by atoms with Gasteiger partial charge in [0, 0.05) is 13.2 Å². The van der Waals surface area contributed by atoms with Crippen LogP contribution in [0.5, 0.6) is 0 Å². The molecule has 1 aromatic rings. The van der Waals surface area contributed by atoms with Gasteiger partial charge in [0.15, 0.2) is 0 Å². The van der Waals surface area contributed by atoms with Crippen LogP contribution in [0.15, 0.2) is 5.16 Å². The van der Waals surface area contributed by atoms with Crippen LogP contribution in [-0.4, -0.2) is 50.1 Å². The quantitative estimate of drug-likeness (QED) is 0.489. The topological polar surface area (TPSA) is 92.9 Å². The van der Waals surface area contributed by atoms with E-state index in [0.717, 1.165) is 43.7 Å². The van der Waals surface area contributed by atoms with Gasteiger partial charge in [-0.2, -0.15) is 0 Å². The predicted octanol–water partition coefficient (Wildman–Crippen LogP) is 0.769. The van der Waals surface area contributed by atoms with E-state index in [2.05, 4.69) is 20.8 Å². The number of aromatic nitrogens is 4. The summed E-state index contributed by atoms with van der Waals surface area (Å²) < 4.78 is 1.81. The van der Waals surface area contributed by atoms with Gasteiger partial charge in [0.25, 0.3) is 0 Å². The van der Waals surface area contributed by atoms with Gasteiger partial charge in [-0.15, -0.1) is 5.10 Å². The molecule has 1 aromatic heterocycles. The standard InChI is InChI=1S/C12H21N5O2S/c18-8-4-2-1-3-7-13-11(19)9-20-12-14-15-16-17(12)10-5-6-10/h10,18H,1-9H2,(H,13,19). The van der Waals surface area contributed by atoms with E-state index in [0.29, 0.717) is 18.3 Å². The molecular formula is C12H21N5O2S. The summed E-state index contributed by atoms with van der Waals surface area (Å²) in [4.78, 5) is 11.7. The predicted molar refractivity (Wildman–Crippen MR) is 75.4 cm³/mol. The Balaban J connectivity index is 1.56. The van der Waals surface area contributed by atoms with Crippen molar-refractivity contribution in [3.63, 3.8) is 0 Å². The Kier molecular flexibility index (Phi) is 6.25. The van der Waals surface area contributed by atoms with E-state index in [1.54, 1.807) is 0 Å². The Morgan fingerprint density at radius 1 is 1.35 bits per heavy atom. The largest absolute Gasteiger partial charge is 0.396 e. The number of amides is 1. The number of aliphatic hydroxyl groups is 1. The molecule has 0 atom stereocenters. The van der Waals surface area contributed by atoms with Crippen LogP contribution in [0.25, 0.3) is 0 Å². The minimum Gasteiger partial charge on any atom is -0.396 e. The van der Waals surface area contributed by atoms with Crippen molar-refractivity contribution in [3.05, 3.63) is 0 Å². The average Bonchev–Trinajstić information content (AvgIpc) is 3.19. The normalized spacial score (nSPS) is 14.4. The number of unbranched alkanes of at least 4 members (excludes halogenated alkanes) is 3. The van der Waals surface area contributed by atoms with E-state index in [9.17, 15) is 4.79 Å². The molecule has 0 aliphatic heterocycles. The maximum absolute atomic E-state index is 11.7. The van der Waals surface area contributed by atoms with Crippen LogP contribution in [0.3, 0.4) is 0 Å². The maximum Gasteiger partial charge on any atom is 0.230 e. The highest BCUT2D eigenvalue weighted by molar-refractivity contribution is 7.99. The van der Waals surface area contributed by atoms with Crippen LogP contribution in [0.2, 0.25) is 0 Å². The van der Waals surface area contributed by atoms with Gasteiger partial charge in [0.2, 0.25) is 11.1 Å². The first-order valence-corrected chi connectivity index (χ1v) is 8.08. The zero-order valence-corrected chi connectivity index (χ0v) is 12.3. The minimum absolute atomic E-state index is 0.0162. The van der Waals surface area contributed by atoms with Crippen molar-refractivity contribution >= 4 is 17.7 Å². The lowest BCUT2D eigenvalue weighted by Gasteiger charge is -2.05. The lowest BCUT2D eigenvalue weighted by Crippen LogP contribution is -2.26. The van der Waals surface area contributed by atoms with E-state index in [4.69, 9.17) is 5.11 Å². The summed E-state index contributed by atoms with van der Waals surface area (Å²) in [5.41, 5.74) is 0. The third kappa shape index (κ3) is 5.09. The van der Waals surface area contributed by atoms with Crippen LogP contribution in [0, 0.1) is 0 Å². The van der Waals surface area contributed by atoms with Gasteiger partial charge in [0.05, 0.1) is 11.8 Å². The molecule has 0 saturated heterocycles. The van der Waals surface area contributed by atoms with Gasteiger partial charge in [-0.05, 0) is 36.1 Å². The summed E-state index contributed by atoms with van der Waals surface area (Å²) in [6, 6.07) is 0.432. The fourth-order valence-corrected chi connectivity index (χ4v) is 2.60. The molecule has 1 aliphatic rings. The van der Waals surface area contributed by atoms with Crippen LogP contribution < -0.4 is 5.32 Å². The molecule has 1 fully saturated rings. The summed E-state index contributed by atoms with van der Waals surface area (Å²) in [5.74, 6) is 0.367. The number of tetrazole rings is 1. The van der Waals surface area contributed by atoms with E-state index < -0.39 is 0 Å². The van der Waals surface area contributed by atoms with E-state index in [-0.39, 0.29) is 12.5 Å². The molecule has 1 saturated carbocycles. The number of nitrogens with one attached hydrogen (secondary N) is 1. The molecule has 8 heteroatoms. The Morgan fingerprint density at radius 2 is 2.15 bits per heavy atom. The number of rotatable bonds is 10. The Labute approximate surface area is 122 Å². The first-order valence-electron chi connectivity index (χ1n) is 7.09. The van der Waals surface area contributed by atoms with Crippen molar-refractivity contribution in [2.45, 2.75) is 49.7 Å². The monoisotopic (exact) mass is 299 g/mol. The Hall–Kier alpha value is -1.15. The van der Waals surface area contributed by atoms with Crippen molar-refractivity contribution in [1.82, 2.24) is 25.5 Å². The lowest BCUT2D eigenvalue weighted by molar-refractivity contribution is -0.118. The van der Waals surface area contributed by atoms with Crippen LogP contribution in [-0.2, 0) is 4.79 Å². The van der Waals surface area contributed by atoms with Crippen LogP contribution >= 0.6 is 11.8 Å². The van der Waals surface area contributed by atoms with Crippen molar-refractivity contribution in [3.8, 4) is 0 Å². The molecule has 0 radical (unpaired) electrons. The third-order valence-corrected chi connectivity index (χ3v) is 4.03. The summed E-state index contributed by atoms with van der Waals surface area (Å²) >= 11 is 1.38. The molecule has 0 spiro atoms. The second kappa shape index (κ2) is 8.21. The molecular weight excluding hydrogens is 278 g/mol. The SMILES string of the molecule is O=C(CSc1nnnn1C1CC1)NCCCCCCO. The average molecular weight is 299 g/mol. The number of aliphatic hydroxyl groups excluding tert-OH is 1. The smallest absolute Gasteiger partial charge is 0.230 e. The van der Waals surface area contributed by atoms with Gasteiger partial charge in [0.1, 0.15) is 0 Å². The molecule has 1 amide bonds. The van der Waals surface area contributed by atoms with Gasteiger partial charge < -0.3 is 10.4 Å². The van der Waals surface area contributed by atoms with E-state index >= 15 is 0 Å². The highest BCUT2D eigenvalue weighted by Crippen LogP contribution is 2.36. The number of hydrogen-bond donors (Lipinski definition) is 2. The molecule has 112 valence electrons. The highest BCUT2D eigenvalue weighted by Gasteiger charge is 2.28. The lowest BCUT2D eigenvalue weighted by atomic mass is 10.2. The molecule has 1 heterocycles. The van der Waals surface area contributed by atoms with Crippen molar-refractivity contribution in [2.75, 3.05) is 18.9 Å². The minimum atomic E-state index is 0.0162. The molecule has 0 bridgehead atoms. The zero-order chi connectivity index (χ0) is 14.2. The summed E-state index contributed by atoms with van der Waals surface area (Å²) in [7, 11) is 0. The summed E-state index contributed by atoms with van der Waals surface area (Å²) in [6.07, 6.45) is 6.09. The second-order valence-electron chi connectivity index (χ2n) is 4.91. The third-order valence-electron chi connectivity index (χ3n) is 3.09. The summed E-state index contributed by atoms with van der Waals surface area (Å²) in [5, 5.41) is 23.8. The maximum atomic E-state index is 11.7. The van der Waals surface area contributed by atoms with E-state index in [1.165, 1.54) is 11.8 Å². The molecule has 0 unspecified atom stereocenters. The molecule has 0 aromatic carbocycles. The number of nitrogens with zero attached hydrogens (tertiary/aromatic N) is 4. The van der Waals surface area contributed by atoms with Crippen molar-refractivity contribution in [2.24, 2.45) is 0 Å². The first-order chi connectivity index (χ1) is 9.81. The number of carbonyl (C=O) groups excluding carboxylic acids is 1. The van der Waals surface area contributed by atoms with Crippen LogP contribution in [0.4, 0.5) is 0 Å². The fraction of sp³-hybridized carbons (Fsp3) is 0.833. The molecule has 20 heavy (non-hydrogen) atoms. The molecule has 1 aliphatic carbocycles. The fourth-order valence-electron chi connectivity index (χ4n) is 1.83. The van der Waals surface area contributed by atoms with E-state index in [1.807, 2.05) is 4.68 Å². The van der Waals surface area contributed by atoms with Gasteiger partial charge in [-0.3, -0.25) is 4.79 Å². The number of hydrogen-bond acceptors (Lipinski definition) is 6. The van der Waals surface area contributed by atoms with Crippen LogP contribution in [0.1, 0.15) is 44.6 Å². The van der Waals surface area contributed by atoms with Gasteiger partial charge >= 0.3 is 0 Å². The van der Waals surface area contributed by atoms with Gasteiger partial charge in [-0.1, -0.05) is 24.6 Å².